The summed E-state index contributed by atoms with van der Waals surface area (Å²) >= 11 is 0. The van der Waals surface area contributed by atoms with Crippen molar-refractivity contribution in [1.82, 2.24) is 15.3 Å². The molecule has 0 unspecified atom stereocenters. The number of nitrogens with one attached hydrogen (secondary N) is 2. The Labute approximate surface area is 202 Å². The smallest absolute Gasteiger partial charge is 0.257 e. The normalized spacial score (nSPS) is 22.4. The van der Waals surface area contributed by atoms with E-state index in [1.165, 1.54) is 6.20 Å². The lowest BCUT2D eigenvalue weighted by molar-refractivity contribution is -0.142. The third-order valence-corrected chi connectivity index (χ3v) is 6.33. The third kappa shape index (κ3) is 5.16. The fourth-order valence-electron chi connectivity index (χ4n) is 4.65. The molecule has 0 radical (unpaired) electrons. The van der Waals surface area contributed by atoms with Gasteiger partial charge in [0, 0.05) is 48.5 Å². The van der Waals surface area contributed by atoms with E-state index in [0.29, 0.717) is 30.0 Å². The molecule has 3 aromatic rings. The first-order valence-corrected chi connectivity index (χ1v) is 11.5. The van der Waals surface area contributed by atoms with Crippen molar-refractivity contribution in [3.8, 4) is 5.75 Å². The standard InChI is InChI=1S/C26H26N4O5/c31-15-23-25-21(11-19(34-23)12-24(32)29-13-16-5-8-27-9-6-16)20-10-18(3-4-22(20)35-25)30-26(33)17-2-1-7-28-14-17/h1-10,14,19,21,23,25,31H,11-13,15H2,(H,29,32)(H,30,33)/t19-,21-,23+,25+/m0/s1. The molecule has 0 aliphatic carbocycles. The van der Waals surface area contributed by atoms with Gasteiger partial charge < -0.3 is 25.2 Å². The van der Waals surface area contributed by atoms with Gasteiger partial charge >= 0.3 is 0 Å². The minimum Gasteiger partial charge on any atom is -0.487 e. The predicted molar refractivity (Wildman–Crippen MR) is 127 cm³/mol. The van der Waals surface area contributed by atoms with Crippen molar-refractivity contribution in [2.75, 3.05) is 11.9 Å². The predicted octanol–water partition coefficient (Wildman–Crippen LogP) is 2.43. The summed E-state index contributed by atoms with van der Waals surface area (Å²) in [6.07, 6.45) is 5.97. The molecule has 0 bridgehead atoms. The Hall–Kier alpha value is -3.82. The van der Waals surface area contributed by atoms with Crippen molar-refractivity contribution in [3.63, 3.8) is 0 Å². The number of amides is 2. The van der Waals surface area contributed by atoms with E-state index in [1.807, 2.05) is 24.3 Å². The first kappa shape index (κ1) is 22.9. The molecule has 1 saturated heterocycles. The van der Waals surface area contributed by atoms with Crippen molar-refractivity contribution in [2.24, 2.45) is 0 Å². The molecule has 2 aromatic heterocycles. The molecule has 0 saturated carbocycles. The van der Waals surface area contributed by atoms with Gasteiger partial charge in [-0.1, -0.05) is 0 Å². The second kappa shape index (κ2) is 10.2. The number of aliphatic hydroxyl groups excluding tert-OH is 1. The second-order valence-corrected chi connectivity index (χ2v) is 8.69. The molecule has 1 fully saturated rings. The van der Waals surface area contributed by atoms with E-state index in [1.54, 1.807) is 36.8 Å². The van der Waals surface area contributed by atoms with Crippen LogP contribution in [0, 0.1) is 0 Å². The highest BCUT2D eigenvalue weighted by Gasteiger charge is 2.46. The number of aliphatic hydroxyl groups is 1. The maximum Gasteiger partial charge on any atom is 0.257 e. The quantitative estimate of drug-likeness (QED) is 0.481. The van der Waals surface area contributed by atoms with Crippen LogP contribution in [-0.2, 0) is 16.1 Å². The van der Waals surface area contributed by atoms with Crippen molar-refractivity contribution in [2.45, 2.75) is 43.6 Å². The van der Waals surface area contributed by atoms with Crippen LogP contribution in [-0.4, -0.2) is 51.8 Å². The number of benzene rings is 1. The van der Waals surface area contributed by atoms with Crippen molar-refractivity contribution in [1.29, 1.82) is 0 Å². The molecule has 9 nitrogen and oxygen atoms in total. The Kier molecular flexibility index (Phi) is 6.69. The Balaban J connectivity index is 1.26. The van der Waals surface area contributed by atoms with E-state index < -0.39 is 6.10 Å². The van der Waals surface area contributed by atoms with Crippen molar-refractivity contribution in [3.05, 3.63) is 83.9 Å². The number of carbonyl (C=O) groups excluding carboxylic acids is 2. The van der Waals surface area contributed by atoms with Crippen LogP contribution in [0.5, 0.6) is 5.75 Å². The fourth-order valence-corrected chi connectivity index (χ4v) is 4.65. The second-order valence-electron chi connectivity index (χ2n) is 8.69. The number of rotatable bonds is 7. The highest BCUT2D eigenvalue weighted by Crippen LogP contribution is 2.47. The van der Waals surface area contributed by atoms with E-state index in [9.17, 15) is 14.7 Å². The van der Waals surface area contributed by atoms with E-state index >= 15 is 0 Å². The molecule has 35 heavy (non-hydrogen) atoms. The number of pyridine rings is 2. The first-order chi connectivity index (χ1) is 17.1. The molecule has 3 N–H and O–H groups in total. The Morgan fingerprint density at radius 2 is 1.94 bits per heavy atom. The number of hydrogen-bond acceptors (Lipinski definition) is 7. The van der Waals surface area contributed by atoms with Gasteiger partial charge in [-0.2, -0.15) is 0 Å². The van der Waals surface area contributed by atoms with Crippen molar-refractivity contribution >= 4 is 17.5 Å². The summed E-state index contributed by atoms with van der Waals surface area (Å²) < 4.78 is 12.1. The molecule has 9 heteroatoms. The van der Waals surface area contributed by atoms with Gasteiger partial charge in [0.15, 0.2) is 0 Å². The maximum absolute atomic E-state index is 12.6. The SMILES string of the molecule is O=C(C[C@@H]1C[C@H]2c3cc(NC(=O)c4cccnc4)ccc3O[C@H]2[C@@H](CO)O1)NCc1ccncc1. The summed E-state index contributed by atoms with van der Waals surface area (Å²) in [7, 11) is 0. The van der Waals surface area contributed by atoms with Gasteiger partial charge in [-0.3, -0.25) is 19.6 Å². The number of nitrogens with zero attached hydrogens (tertiary/aromatic N) is 2. The summed E-state index contributed by atoms with van der Waals surface area (Å²) in [5, 5.41) is 15.8. The van der Waals surface area contributed by atoms with Gasteiger partial charge in [0.2, 0.25) is 5.91 Å². The molecule has 180 valence electrons. The lowest BCUT2D eigenvalue weighted by Crippen LogP contribution is -2.47. The summed E-state index contributed by atoms with van der Waals surface area (Å²) in [5.41, 5.74) is 3.00. The largest absolute Gasteiger partial charge is 0.487 e. The van der Waals surface area contributed by atoms with Crippen LogP contribution >= 0.6 is 0 Å². The van der Waals surface area contributed by atoms with Crippen molar-refractivity contribution < 1.29 is 24.2 Å². The van der Waals surface area contributed by atoms with Gasteiger partial charge in [0.25, 0.3) is 5.91 Å². The molecule has 2 aliphatic heterocycles. The van der Waals surface area contributed by atoms with Gasteiger partial charge in [-0.15, -0.1) is 0 Å². The summed E-state index contributed by atoms with van der Waals surface area (Å²) in [4.78, 5) is 33.1. The van der Waals surface area contributed by atoms with E-state index in [0.717, 1.165) is 11.1 Å². The van der Waals surface area contributed by atoms with Crippen LogP contribution in [0.15, 0.2) is 67.3 Å². The van der Waals surface area contributed by atoms with Crippen LogP contribution in [0.4, 0.5) is 5.69 Å². The van der Waals surface area contributed by atoms with Crippen LogP contribution in [0.2, 0.25) is 0 Å². The first-order valence-electron chi connectivity index (χ1n) is 11.5. The molecule has 2 aliphatic rings. The molecular weight excluding hydrogens is 448 g/mol. The average molecular weight is 475 g/mol. The molecule has 4 atom stereocenters. The Bertz CT molecular complexity index is 1190. The third-order valence-electron chi connectivity index (χ3n) is 6.33. The lowest BCUT2D eigenvalue weighted by Gasteiger charge is -2.37. The number of ether oxygens (including phenoxy) is 2. The molecule has 4 heterocycles. The van der Waals surface area contributed by atoms with E-state index in [-0.39, 0.29) is 43.0 Å². The van der Waals surface area contributed by atoms with Gasteiger partial charge in [-0.05, 0) is 54.4 Å². The zero-order chi connectivity index (χ0) is 24.2. The van der Waals surface area contributed by atoms with Gasteiger partial charge in [0.05, 0.1) is 24.7 Å². The number of carbonyl (C=O) groups is 2. The summed E-state index contributed by atoms with van der Waals surface area (Å²) in [5.74, 6) is 0.254. The molecule has 0 spiro atoms. The minimum absolute atomic E-state index is 0.0656. The minimum atomic E-state index is -0.549. The van der Waals surface area contributed by atoms with Crippen LogP contribution < -0.4 is 15.4 Å². The molecule has 5 rings (SSSR count). The zero-order valence-electron chi connectivity index (χ0n) is 19.0. The Morgan fingerprint density at radius 1 is 1.09 bits per heavy atom. The van der Waals surface area contributed by atoms with E-state index in [2.05, 4.69) is 20.6 Å². The highest BCUT2D eigenvalue weighted by molar-refractivity contribution is 6.04. The molecule has 2 amide bonds. The lowest BCUT2D eigenvalue weighted by atomic mass is 9.84. The van der Waals surface area contributed by atoms with Crippen LogP contribution in [0.1, 0.15) is 40.2 Å². The molecular formula is C26H26N4O5. The van der Waals surface area contributed by atoms with Gasteiger partial charge in [0.1, 0.15) is 18.0 Å². The Morgan fingerprint density at radius 3 is 2.71 bits per heavy atom. The van der Waals surface area contributed by atoms with E-state index in [4.69, 9.17) is 9.47 Å². The van der Waals surface area contributed by atoms with Crippen LogP contribution in [0.3, 0.4) is 0 Å². The topological polar surface area (TPSA) is 123 Å². The average Bonchev–Trinajstić information content (AvgIpc) is 3.26. The number of fused-ring (bicyclic) bond motifs is 3. The number of anilines is 1. The van der Waals surface area contributed by atoms with Gasteiger partial charge in [-0.25, -0.2) is 0 Å². The number of hydrogen-bond donors (Lipinski definition) is 3. The monoisotopic (exact) mass is 474 g/mol. The van der Waals surface area contributed by atoms with Crippen LogP contribution in [0.25, 0.3) is 0 Å². The molecule has 1 aromatic carbocycles. The maximum atomic E-state index is 12.6. The fraction of sp³-hybridized carbons (Fsp3) is 0.308. The highest BCUT2D eigenvalue weighted by atomic mass is 16.6. The summed E-state index contributed by atoms with van der Waals surface area (Å²) in [6.45, 7) is 0.199. The zero-order valence-corrected chi connectivity index (χ0v) is 19.0. The summed E-state index contributed by atoms with van der Waals surface area (Å²) in [6, 6.07) is 12.6. The number of aromatic nitrogens is 2.